The number of piperazine rings is 1. The Balaban J connectivity index is 1.43. The molecule has 0 spiro atoms. The third-order valence-corrected chi connectivity index (χ3v) is 6.85. The average molecular weight is 491 g/mol. The Kier molecular flexibility index (Phi) is 8.37. The Labute approximate surface area is 189 Å². The number of anilines is 1. The van der Waals surface area contributed by atoms with E-state index in [1.54, 1.807) is 23.4 Å². The molecular weight excluding hydrogens is 465 g/mol. The molecule has 3 rings (SSSR count). The predicted molar refractivity (Wildman–Crippen MR) is 112 cm³/mol. The molecule has 1 aliphatic heterocycles. The van der Waals surface area contributed by atoms with Gasteiger partial charge in [-0.1, -0.05) is 0 Å². The number of aliphatic hydroxyl groups excluding tert-OH is 1. The van der Waals surface area contributed by atoms with E-state index in [4.69, 9.17) is 0 Å². The predicted octanol–water partition coefficient (Wildman–Crippen LogP) is 1.04. The van der Waals surface area contributed by atoms with E-state index in [9.17, 15) is 26.7 Å². The maximum Gasteiger partial charge on any atom is 0.422 e. The van der Waals surface area contributed by atoms with Crippen LogP contribution < -0.4 is 9.64 Å². The van der Waals surface area contributed by atoms with Crippen LogP contribution in [0.1, 0.15) is 18.7 Å². The van der Waals surface area contributed by atoms with E-state index < -0.39 is 28.9 Å². The van der Waals surface area contributed by atoms with Crippen molar-refractivity contribution in [3.05, 3.63) is 36.7 Å². The highest BCUT2D eigenvalue weighted by Gasteiger charge is 2.30. The maximum absolute atomic E-state index is 12.7. The van der Waals surface area contributed by atoms with Gasteiger partial charge in [0.05, 0.1) is 24.3 Å². The summed E-state index contributed by atoms with van der Waals surface area (Å²) in [6, 6.07) is 1.71. The smallest absolute Gasteiger partial charge is 0.422 e. The van der Waals surface area contributed by atoms with E-state index in [2.05, 4.69) is 24.7 Å². The zero-order valence-corrected chi connectivity index (χ0v) is 18.5. The van der Waals surface area contributed by atoms with Gasteiger partial charge in [0.1, 0.15) is 5.82 Å². The molecule has 0 aliphatic carbocycles. The van der Waals surface area contributed by atoms with Gasteiger partial charge in [-0.05, 0) is 18.9 Å². The summed E-state index contributed by atoms with van der Waals surface area (Å²) in [6.45, 7) is -0.448. The third-order valence-electron chi connectivity index (χ3n) is 4.89. The van der Waals surface area contributed by atoms with Crippen molar-refractivity contribution in [1.29, 1.82) is 0 Å². The fourth-order valence-electron chi connectivity index (χ4n) is 3.27. The SMILES string of the molecule is O=S(=O)(CC(O)CCCc1ncccn1)N1CCN(c2ncc(OCC(F)(F)F)cn2)CC1. The van der Waals surface area contributed by atoms with Crippen molar-refractivity contribution in [3.8, 4) is 5.75 Å². The van der Waals surface area contributed by atoms with Crippen LogP contribution in [-0.2, 0) is 16.4 Å². The molecule has 33 heavy (non-hydrogen) atoms. The number of halogens is 3. The van der Waals surface area contributed by atoms with Crippen molar-refractivity contribution in [3.63, 3.8) is 0 Å². The molecule has 1 fully saturated rings. The van der Waals surface area contributed by atoms with Crippen molar-refractivity contribution in [2.75, 3.05) is 43.4 Å². The van der Waals surface area contributed by atoms with Gasteiger partial charge in [0, 0.05) is 45.0 Å². The lowest BCUT2D eigenvalue weighted by Crippen LogP contribution is -2.50. The molecule has 0 saturated carbocycles. The quantitative estimate of drug-likeness (QED) is 0.521. The van der Waals surface area contributed by atoms with Gasteiger partial charge < -0.3 is 14.7 Å². The monoisotopic (exact) mass is 490 g/mol. The molecule has 1 aliphatic rings. The summed E-state index contributed by atoms with van der Waals surface area (Å²) in [4.78, 5) is 17.9. The number of sulfonamides is 1. The zero-order chi connectivity index (χ0) is 23.9. The number of alkyl halides is 3. The van der Waals surface area contributed by atoms with Gasteiger partial charge in [0.15, 0.2) is 12.4 Å². The van der Waals surface area contributed by atoms with E-state index in [1.165, 1.54) is 4.31 Å². The van der Waals surface area contributed by atoms with Crippen LogP contribution in [0.5, 0.6) is 5.75 Å². The lowest BCUT2D eigenvalue weighted by atomic mass is 10.1. The fourth-order valence-corrected chi connectivity index (χ4v) is 4.85. The normalized spacial score (nSPS) is 16.5. The Bertz CT molecular complexity index is 971. The van der Waals surface area contributed by atoms with Gasteiger partial charge in [-0.3, -0.25) is 0 Å². The van der Waals surface area contributed by atoms with Crippen molar-refractivity contribution < 1.29 is 31.4 Å². The lowest BCUT2D eigenvalue weighted by Gasteiger charge is -2.34. The zero-order valence-electron chi connectivity index (χ0n) is 17.7. The van der Waals surface area contributed by atoms with Crippen molar-refractivity contribution in [1.82, 2.24) is 24.2 Å². The molecule has 10 nitrogen and oxygen atoms in total. The highest BCUT2D eigenvalue weighted by molar-refractivity contribution is 7.89. The summed E-state index contributed by atoms with van der Waals surface area (Å²) >= 11 is 0. The summed E-state index contributed by atoms with van der Waals surface area (Å²) in [7, 11) is -3.65. The van der Waals surface area contributed by atoms with Crippen molar-refractivity contribution in [2.45, 2.75) is 31.5 Å². The number of aryl methyl sites for hydroxylation is 1. The minimum atomic E-state index is -4.45. The van der Waals surface area contributed by atoms with E-state index >= 15 is 0 Å². The molecule has 3 heterocycles. The first-order valence-electron chi connectivity index (χ1n) is 10.3. The Morgan fingerprint density at radius 2 is 1.70 bits per heavy atom. The maximum atomic E-state index is 12.7. The van der Waals surface area contributed by atoms with Crippen LogP contribution in [0.4, 0.5) is 19.1 Å². The molecule has 1 atom stereocenters. The third kappa shape index (κ3) is 8.05. The minimum absolute atomic E-state index is 0.106. The van der Waals surface area contributed by atoms with Gasteiger partial charge in [-0.15, -0.1) is 0 Å². The van der Waals surface area contributed by atoms with Gasteiger partial charge in [-0.25, -0.2) is 28.4 Å². The van der Waals surface area contributed by atoms with Crippen LogP contribution in [0.15, 0.2) is 30.9 Å². The number of aliphatic hydroxyl groups is 1. The first kappa shape index (κ1) is 25.1. The fraction of sp³-hybridized carbons (Fsp3) is 0.579. The second-order valence-electron chi connectivity index (χ2n) is 7.50. The molecule has 1 unspecified atom stereocenters. The van der Waals surface area contributed by atoms with Gasteiger partial charge in [0.2, 0.25) is 16.0 Å². The lowest BCUT2D eigenvalue weighted by molar-refractivity contribution is -0.153. The molecule has 0 amide bonds. The first-order valence-corrected chi connectivity index (χ1v) is 11.9. The molecule has 1 saturated heterocycles. The van der Waals surface area contributed by atoms with Crippen LogP contribution in [0.3, 0.4) is 0 Å². The second kappa shape index (κ2) is 11.0. The molecule has 1 N–H and O–H groups in total. The van der Waals surface area contributed by atoms with Crippen LogP contribution in [0.25, 0.3) is 0 Å². The number of rotatable bonds is 10. The molecule has 2 aromatic rings. The minimum Gasteiger partial charge on any atom is -0.481 e. The Morgan fingerprint density at radius 1 is 1.06 bits per heavy atom. The van der Waals surface area contributed by atoms with Crippen LogP contribution in [0, 0.1) is 0 Å². The molecule has 14 heteroatoms. The van der Waals surface area contributed by atoms with E-state index in [0.717, 1.165) is 12.4 Å². The molecule has 0 aromatic carbocycles. The number of aromatic nitrogens is 4. The number of hydrogen-bond donors (Lipinski definition) is 1. The summed E-state index contributed by atoms with van der Waals surface area (Å²) in [5, 5.41) is 10.2. The topological polar surface area (TPSA) is 122 Å². The Hall–Kier alpha value is -2.58. The average Bonchev–Trinajstić information content (AvgIpc) is 2.78. The number of ether oxygens (including phenoxy) is 1. The summed E-state index contributed by atoms with van der Waals surface area (Å²) in [5.41, 5.74) is 0. The van der Waals surface area contributed by atoms with E-state index in [-0.39, 0.29) is 30.5 Å². The first-order chi connectivity index (χ1) is 15.6. The van der Waals surface area contributed by atoms with Gasteiger partial charge in [0.25, 0.3) is 0 Å². The van der Waals surface area contributed by atoms with Crippen LogP contribution >= 0.6 is 0 Å². The molecular formula is C19H25F3N6O4S. The highest BCUT2D eigenvalue weighted by atomic mass is 32.2. The summed E-state index contributed by atoms with van der Waals surface area (Å²) in [6.07, 6.45) is 1.53. The van der Waals surface area contributed by atoms with Crippen LogP contribution in [-0.4, -0.2) is 88.6 Å². The standard InChI is InChI=1S/C19H25F3N6O4S/c20-19(21,22)14-32-16-11-25-18(26-12-16)27-7-9-28(10-8-27)33(30,31)13-15(29)3-1-4-17-23-5-2-6-24-17/h2,5-6,11-12,15,29H,1,3-4,7-10,13-14H2. The van der Waals surface area contributed by atoms with E-state index in [0.29, 0.717) is 38.2 Å². The van der Waals surface area contributed by atoms with Crippen LogP contribution in [0.2, 0.25) is 0 Å². The Morgan fingerprint density at radius 3 is 2.30 bits per heavy atom. The highest BCUT2D eigenvalue weighted by Crippen LogP contribution is 2.19. The molecule has 2 aromatic heterocycles. The van der Waals surface area contributed by atoms with Gasteiger partial charge in [-0.2, -0.15) is 17.5 Å². The summed E-state index contributed by atoms with van der Waals surface area (Å²) < 4.78 is 67.8. The second-order valence-corrected chi connectivity index (χ2v) is 9.51. The van der Waals surface area contributed by atoms with E-state index in [1.807, 2.05) is 0 Å². The van der Waals surface area contributed by atoms with Gasteiger partial charge >= 0.3 is 6.18 Å². The van der Waals surface area contributed by atoms with Crippen molar-refractivity contribution >= 4 is 16.0 Å². The number of hydrogen-bond acceptors (Lipinski definition) is 9. The molecule has 0 bridgehead atoms. The summed E-state index contributed by atoms with van der Waals surface area (Å²) in [5.74, 6) is 0.440. The molecule has 0 radical (unpaired) electrons. The number of nitrogens with zero attached hydrogens (tertiary/aromatic N) is 6. The largest absolute Gasteiger partial charge is 0.481 e. The van der Waals surface area contributed by atoms with Crippen molar-refractivity contribution in [2.24, 2.45) is 0 Å². The molecule has 182 valence electrons.